The molecular formula is C22H26N2O4. The summed E-state index contributed by atoms with van der Waals surface area (Å²) in [6, 6.07) is 16.6. The Morgan fingerprint density at radius 2 is 1.75 bits per heavy atom. The van der Waals surface area contributed by atoms with Gasteiger partial charge < -0.3 is 15.7 Å². The monoisotopic (exact) mass is 382 g/mol. The fourth-order valence-electron chi connectivity index (χ4n) is 2.84. The average molecular weight is 382 g/mol. The van der Waals surface area contributed by atoms with Gasteiger partial charge in [-0.2, -0.15) is 0 Å². The van der Waals surface area contributed by atoms with Gasteiger partial charge in [-0.25, -0.2) is 0 Å². The first-order valence-corrected chi connectivity index (χ1v) is 9.34. The molecule has 0 aliphatic heterocycles. The van der Waals surface area contributed by atoms with Crippen LogP contribution >= 0.6 is 0 Å². The van der Waals surface area contributed by atoms with Crippen molar-refractivity contribution in [1.29, 1.82) is 0 Å². The topological polar surface area (TPSA) is 95.5 Å². The Hall–Kier alpha value is -3.15. The quantitative estimate of drug-likeness (QED) is 0.550. The Kier molecular flexibility index (Phi) is 8.21. The van der Waals surface area contributed by atoms with E-state index in [4.69, 9.17) is 0 Å². The standard InChI is InChI=1S/C22H26N2O4/c1-16-7-5-8-17(13-16)14-19(22(27)28)15-24-20(25)11-6-12-23-21(26)18-9-3-2-4-10-18/h2-5,7-10,13,19H,6,11-12,14-15H2,1H3,(H,23,26)(H,24,25)(H,27,28). The number of hydrogen-bond donors (Lipinski definition) is 3. The van der Waals surface area contributed by atoms with E-state index in [0.29, 0.717) is 24.9 Å². The molecule has 2 amide bonds. The molecule has 0 aliphatic rings. The van der Waals surface area contributed by atoms with Crippen LogP contribution in [0.4, 0.5) is 0 Å². The Bertz CT molecular complexity index is 805. The lowest BCUT2D eigenvalue weighted by Gasteiger charge is -2.14. The molecule has 1 atom stereocenters. The van der Waals surface area contributed by atoms with Gasteiger partial charge in [-0.15, -0.1) is 0 Å². The molecule has 0 aromatic heterocycles. The summed E-state index contributed by atoms with van der Waals surface area (Å²) in [5, 5.41) is 14.9. The van der Waals surface area contributed by atoms with Gasteiger partial charge in [0.2, 0.25) is 5.91 Å². The molecular weight excluding hydrogens is 356 g/mol. The van der Waals surface area contributed by atoms with E-state index in [2.05, 4.69) is 10.6 Å². The van der Waals surface area contributed by atoms with Crippen LogP contribution in [0.25, 0.3) is 0 Å². The van der Waals surface area contributed by atoms with Crippen LogP contribution < -0.4 is 10.6 Å². The number of benzene rings is 2. The summed E-state index contributed by atoms with van der Waals surface area (Å²) in [5.74, 6) is -2.00. The van der Waals surface area contributed by atoms with Crippen LogP contribution in [-0.2, 0) is 16.0 Å². The van der Waals surface area contributed by atoms with Crippen LogP contribution in [-0.4, -0.2) is 36.0 Å². The maximum Gasteiger partial charge on any atom is 0.308 e. The van der Waals surface area contributed by atoms with Gasteiger partial charge >= 0.3 is 5.97 Å². The maximum atomic E-state index is 12.0. The molecule has 6 nitrogen and oxygen atoms in total. The summed E-state index contributed by atoms with van der Waals surface area (Å²) in [5.41, 5.74) is 2.58. The van der Waals surface area contributed by atoms with Crippen LogP contribution in [0.1, 0.15) is 34.3 Å². The van der Waals surface area contributed by atoms with Crippen LogP contribution in [0.2, 0.25) is 0 Å². The van der Waals surface area contributed by atoms with Crippen molar-refractivity contribution in [2.75, 3.05) is 13.1 Å². The second-order valence-corrected chi connectivity index (χ2v) is 6.76. The van der Waals surface area contributed by atoms with Crippen molar-refractivity contribution in [2.24, 2.45) is 5.92 Å². The number of carbonyl (C=O) groups is 3. The summed E-state index contributed by atoms with van der Waals surface area (Å²) >= 11 is 0. The van der Waals surface area contributed by atoms with Crippen LogP contribution in [0.15, 0.2) is 54.6 Å². The smallest absolute Gasteiger partial charge is 0.308 e. The van der Waals surface area contributed by atoms with Crippen molar-refractivity contribution in [2.45, 2.75) is 26.2 Å². The van der Waals surface area contributed by atoms with Crippen molar-refractivity contribution < 1.29 is 19.5 Å². The van der Waals surface area contributed by atoms with Crippen LogP contribution in [0.5, 0.6) is 0 Å². The molecule has 0 heterocycles. The molecule has 2 aromatic rings. The second kappa shape index (κ2) is 10.9. The van der Waals surface area contributed by atoms with Gasteiger partial charge in [0.15, 0.2) is 0 Å². The highest BCUT2D eigenvalue weighted by Gasteiger charge is 2.19. The molecule has 2 aromatic carbocycles. The zero-order valence-corrected chi connectivity index (χ0v) is 16.0. The molecule has 0 fully saturated rings. The minimum Gasteiger partial charge on any atom is -0.481 e. The van der Waals surface area contributed by atoms with Gasteiger partial charge in [-0.1, -0.05) is 48.0 Å². The number of carboxylic acids is 1. The van der Waals surface area contributed by atoms with Crippen molar-refractivity contribution in [3.8, 4) is 0 Å². The van der Waals surface area contributed by atoms with Gasteiger partial charge in [0.1, 0.15) is 0 Å². The van der Waals surface area contributed by atoms with Crippen LogP contribution in [0, 0.1) is 12.8 Å². The fraction of sp³-hybridized carbons (Fsp3) is 0.318. The van der Waals surface area contributed by atoms with Gasteiger partial charge in [-0.3, -0.25) is 14.4 Å². The molecule has 3 N–H and O–H groups in total. The number of nitrogens with one attached hydrogen (secondary N) is 2. The number of carbonyl (C=O) groups excluding carboxylic acids is 2. The largest absolute Gasteiger partial charge is 0.481 e. The molecule has 0 aliphatic carbocycles. The molecule has 0 saturated heterocycles. The van der Waals surface area contributed by atoms with E-state index in [1.165, 1.54) is 0 Å². The first-order chi connectivity index (χ1) is 13.5. The highest BCUT2D eigenvalue weighted by atomic mass is 16.4. The summed E-state index contributed by atoms with van der Waals surface area (Å²) in [4.78, 5) is 35.3. The van der Waals surface area contributed by atoms with E-state index in [0.717, 1.165) is 11.1 Å². The predicted molar refractivity (Wildman–Crippen MR) is 107 cm³/mol. The Balaban J connectivity index is 1.69. The molecule has 2 rings (SSSR count). The summed E-state index contributed by atoms with van der Waals surface area (Å²) in [7, 11) is 0. The fourth-order valence-corrected chi connectivity index (χ4v) is 2.84. The molecule has 0 bridgehead atoms. The molecule has 0 spiro atoms. The highest BCUT2D eigenvalue weighted by molar-refractivity contribution is 5.94. The minimum absolute atomic E-state index is 0.0818. The predicted octanol–water partition coefficient (Wildman–Crippen LogP) is 2.56. The average Bonchev–Trinajstić information content (AvgIpc) is 2.68. The van der Waals surface area contributed by atoms with E-state index in [-0.39, 0.29) is 24.8 Å². The van der Waals surface area contributed by atoms with Crippen LogP contribution in [0.3, 0.4) is 0 Å². The van der Waals surface area contributed by atoms with Crippen molar-refractivity contribution in [3.63, 3.8) is 0 Å². The summed E-state index contributed by atoms with van der Waals surface area (Å²) in [6.07, 6.45) is 1.08. The summed E-state index contributed by atoms with van der Waals surface area (Å²) in [6.45, 7) is 2.42. The molecule has 0 radical (unpaired) electrons. The zero-order valence-electron chi connectivity index (χ0n) is 16.0. The normalized spacial score (nSPS) is 11.5. The molecule has 6 heteroatoms. The van der Waals surface area contributed by atoms with Gasteiger partial charge in [0, 0.05) is 25.1 Å². The number of carboxylic acid groups (broad SMARTS) is 1. The molecule has 0 saturated carbocycles. The van der Waals surface area contributed by atoms with Crippen molar-refractivity contribution >= 4 is 17.8 Å². The van der Waals surface area contributed by atoms with E-state index in [9.17, 15) is 19.5 Å². The number of hydrogen-bond acceptors (Lipinski definition) is 3. The second-order valence-electron chi connectivity index (χ2n) is 6.76. The Morgan fingerprint density at radius 3 is 2.43 bits per heavy atom. The number of aryl methyl sites for hydroxylation is 1. The number of rotatable bonds is 10. The highest BCUT2D eigenvalue weighted by Crippen LogP contribution is 2.11. The molecule has 148 valence electrons. The molecule has 1 unspecified atom stereocenters. The van der Waals surface area contributed by atoms with E-state index >= 15 is 0 Å². The van der Waals surface area contributed by atoms with E-state index in [1.54, 1.807) is 24.3 Å². The van der Waals surface area contributed by atoms with E-state index < -0.39 is 11.9 Å². The van der Waals surface area contributed by atoms with E-state index in [1.807, 2.05) is 37.3 Å². The number of amides is 2. The minimum atomic E-state index is -0.933. The Labute approximate surface area is 165 Å². The lowest BCUT2D eigenvalue weighted by molar-refractivity contribution is -0.141. The lowest BCUT2D eigenvalue weighted by Crippen LogP contribution is -2.34. The third kappa shape index (κ3) is 7.23. The van der Waals surface area contributed by atoms with Gasteiger partial charge in [0.05, 0.1) is 5.92 Å². The van der Waals surface area contributed by atoms with Gasteiger partial charge in [0.25, 0.3) is 5.91 Å². The SMILES string of the molecule is Cc1cccc(CC(CNC(=O)CCCNC(=O)c2ccccc2)C(=O)O)c1. The van der Waals surface area contributed by atoms with Crippen molar-refractivity contribution in [1.82, 2.24) is 10.6 Å². The lowest BCUT2D eigenvalue weighted by atomic mass is 9.98. The van der Waals surface area contributed by atoms with Crippen molar-refractivity contribution in [3.05, 3.63) is 71.3 Å². The van der Waals surface area contributed by atoms with Gasteiger partial charge in [-0.05, 0) is 37.5 Å². The Morgan fingerprint density at radius 1 is 1.00 bits per heavy atom. The maximum absolute atomic E-state index is 12.0. The summed E-state index contributed by atoms with van der Waals surface area (Å²) < 4.78 is 0. The first-order valence-electron chi connectivity index (χ1n) is 9.34. The number of aliphatic carboxylic acids is 1. The first kappa shape index (κ1) is 21.2. The third-order valence-corrected chi connectivity index (χ3v) is 4.36. The zero-order chi connectivity index (χ0) is 20.4. The molecule has 28 heavy (non-hydrogen) atoms. The third-order valence-electron chi connectivity index (χ3n) is 4.36.